The fraction of sp³-hybridized carbons (Fsp3) is 0.286. The number of ether oxygens (including phenoxy) is 2. The molecule has 2 aromatic carbocycles. The third-order valence-corrected chi connectivity index (χ3v) is 5.55. The van der Waals surface area contributed by atoms with Gasteiger partial charge in [-0.1, -0.05) is 18.2 Å². The summed E-state index contributed by atoms with van der Waals surface area (Å²) in [6.07, 6.45) is -3.28. The van der Waals surface area contributed by atoms with Crippen molar-refractivity contribution in [2.45, 2.75) is 39.0 Å². The highest BCUT2D eigenvalue weighted by molar-refractivity contribution is 6.01. The Morgan fingerprint density at radius 2 is 1.80 bits per heavy atom. The second kappa shape index (κ2) is 11.8. The molecule has 0 saturated heterocycles. The van der Waals surface area contributed by atoms with Gasteiger partial charge in [0.05, 0.1) is 17.8 Å². The quantitative estimate of drug-likeness (QED) is 0.192. The highest BCUT2D eigenvalue weighted by atomic mass is 19.4. The Balaban J connectivity index is 1.51. The number of carbonyl (C=O) groups excluding carboxylic acids is 1. The largest absolute Gasteiger partial charge is 0.491 e. The second-order valence-electron chi connectivity index (χ2n) is 9.77. The second-order valence-corrected chi connectivity index (χ2v) is 9.77. The van der Waals surface area contributed by atoms with Gasteiger partial charge in [0.1, 0.15) is 29.8 Å². The Hall–Kier alpha value is -4.32. The number of benzene rings is 2. The maximum atomic E-state index is 13.9. The van der Waals surface area contributed by atoms with Gasteiger partial charge in [-0.25, -0.2) is 14.4 Å². The van der Waals surface area contributed by atoms with Gasteiger partial charge in [-0.05, 0) is 73.9 Å². The normalized spacial score (nSPS) is 11.9. The van der Waals surface area contributed by atoms with E-state index >= 15 is 0 Å². The van der Waals surface area contributed by atoms with Crippen molar-refractivity contribution in [3.8, 4) is 16.9 Å². The summed E-state index contributed by atoms with van der Waals surface area (Å²) in [7, 11) is 0. The molecule has 210 valence electrons. The molecule has 12 heteroatoms. The number of nitrogens with zero attached hydrogens (tertiary/aromatic N) is 3. The number of aromatic nitrogens is 4. The maximum absolute atomic E-state index is 13.9. The van der Waals surface area contributed by atoms with Crippen molar-refractivity contribution in [2.24, 2.45) is 0 Å². The van der Waals surface area contributed by atoms with E-state index in [2.05, 4.69) is 25.5 Å². The third kappa shape index (κ3) is 7.63. The van der Waals surface area contributed by atoms with Gasteiger partial charge in [0.25, 0.3) is 5.91 Å². The number of amides is 1. The summed E-state index contributed by atoms with van der Waals surface area (Å²) in [6, 6.07) is 12.3. The van der Waals surface area contributed by atoms with Crippen LogP contribution in [-0.4, -0.2) is 44.9 Å². The molecule has 0 saturated carbocycles. The molecule has 0 unspecified atom stereocenters. The van der Waals surface area contributed by atoms with E-state index in [-0.39, 0.29) is 59.6 Å². The zero-order valence-corrected chi connectivity index (χ0v) is 22.0. The molecule has 8 nitrogen and oxygen atoms in total. The zero-order valence-electron chi connectivity index (χ0n) is 22.0. The van der Waals surface area contributed by atoms with Crippen molar-refractivity contribution >= 4 is 11.7 Å². The van der Waals surface area contributed by atoms with Crippen molar-refractivity contribution in [2.75, 3.05) is 18.5 Å². The molecule has 2 aromatic heterocycles. The predicted molar refractivity (Wildman–Crippen MR) is 139 cm³/mol. The van der Waals surface area contributed by atoms with Gasteiger partial charge in [-0.15, -0.1) is 5.10 Å². The summed E-state index contributed by atoms with van der Waals surface area (Å²) < 4.78 is 66.6. The van der Waals surface area contributed by atoms with Crippen LogP contribution >= 0.6 is 0 Å². The fourth-order valence-electron chi connectivity index (χ4n) is 3.74. The number of H-pyrrole nitrogens is 1. The van der Waals surface area contributed by atoms with Crippen LogP contribution in [0.25, 0.3) is 11.1 Å². The Bertz CT molecular complexity index is 1480. The van der Waals surface area contributed by atoms with E-state index in [1.165, 1.54) is 36.5 Å². The number of anilines is 1. The van der Waals surface area contributed by atoms with Gasteiger partial charge in [-0.3, -0.25) is 9.89 Å². The summed E-state index contributed by atoms with van der Waals surface area (Å²) >= 11 is 0. The van der Waals surface area contributed by atoms with Crippen LogP contribution in [-0.2, 0) is 17.3 Å². The SMILES string of the molecule is CC(C)(C)OCCOc1ccc(C(F)(F)F)c(-c2ccnc(NC(=O)c3n[nH]c(Cc4ccccc4F)n3)c2)c1. The lowest BCUT2D eigenvalue weighted by atomic mass is 9.99. The molecule has 0 bridgehead atoms. The van der Waals surface area contributed by atoms with E-state index in [0.29, 0.717) is 5.56 Å². The number of aromatic amines is 1. The number of carbonyl (C=O) groups is 1. The molecule has 1 amide bonds. The minimum absolute atomic E-state index is 0.0130. The lowest BCUT2D eigenvalue weighted by Gasteiger charge is -2.20. The average molecular weight is 558 g/mol. The minimum Gasteiger partial charge on any atom is -0.491 e. The van der Waals surface area contributed by atoms with E-state index in [1.54, 1.807) is 18.2 Å². The van der Waals surface area contributed by atoms with Crippen LogP contribution in [0.15, 0.2) is 60.8 Å². The molecule has 40 heavy (non-hydrogen) atoms. The Morgan fingerprint density at radius 3 is 2.52 bits per heavy atom. The van der Waals surface area contributed by atoms with Gasteiger partial charge in [0.15, 0.2) is 0 Å². The van der Waals surface area contributed by atoms with Gasteiger partial charge >= 0.3 is 6.18 Å². The van der Waals surface area contributed by atoms with Gasteiger partial charge in [0, 0.05) is 12.6 Å². The van der Waals surface area contributed by atoms with E-state index in [1.807, 2.05) is 20.8 Å². The number of rotatable bonds is 9. The van der Waals surface area contributed by atoms with Crippen LogP contribution in [0.2, 0.25) is 0 Å². The summed E-state index contributed by atoms with van der Waals surface area (Å²) in [5, 5.41) is 8.93. The fourth-order valence-corrected chi connectivity index (χ4v) is 3.74. The summed E-state index contributed by atoms with van der Waals surface area (Å²) in [5.74, 6) is -0.921. The number of hydrogen-bond donors (Lipinski definition) is 2. The first-order valence-corrected chi connectivity index (χ1v) is 12.3. The van der Waals surface area contributed by atoms with Crippen molar-refractivity contribution in [3.63, 3.8) is 0 Å². The lowest BCUT2D eigenvalue weighted by Crippen LogP contribution is -2.22. The number of halogens is 4. The van der Waals surface area contributed by atoms with Crippen LogP contribution in [0.3, 0.4) is 0 Å². The Morgan fingerprint density at radius 1 is 1.02 bits per heavy atom. The Kier molecular flexibility index (Phi) is 8.48. The van der Waals surface area contributed by atoms with Crippen LogP contribution in [0.1, 0.15) is 48.3 Å². The lowest BCUT2D eigenvalue weighted by molar-refractivity contribution is -0.137. The summed E-state index contributed by atoms with van der Waals surface area (Å²) in [4.78, 5) is 20.8. The molecule has 2 heterocycles. The predicted octanol–water partition coefficient (Wildman–Crippen LogP) is 6.06. The smallest absolute Gasteiger partial charge is 0.417 e. The molecule has 2 N–H and O–H groups in total. The Labute approximate surface area is 227 Å². The molecule has 0 spiro atoms. The zero-order chi connectivity index (χ0) is 28.9. The third-order valence-electron chi connectivity index (χ3n) is 5.55. The number of nitrogens with one attached hydrogen (secondary N) is 2. The number of alkyl halides is 3. The van der Waals surface area contributed by atoms with Crippen molar-refractivity contribution in [3.05, 3.63) is 89.4 Å². The van der Waals surface area contributed by atoms with Crippen molar-refractivity contribution < 1.29 is 31.8 Å². The molecule has 0 aliphatic heterocycles. The molecule has 0 aliphatic rings. The summed E-state index contributed by atoms with van der Waals surface area (Å²) in [6.45, 7) is 6.06. The van der Waals surface area contributed by atoms with E-state index in [0.717, 1.165) is 6.07 Å². The summed E-state index contributed by atoms with van der Waals surface area (Å²) in [5.41, 5.74) is -0.873. The molecule has 4 rings (SSSR count). The van der Waals surface area contributed by atoms with Crippen LogP contribution < -0.4 is 10.1 Å². The average Bonchev–Trinajstić information content (AvgIpc) is 3.36. The topological polar surface area (TPSA) is 102 Å². The first-order chi connectivity index (χ1) is 18.9. The monoisotopic (exact) mass is 557 g/mol. The molecule has 0 atom stereocenters. The molecule has 0 radical (unpaired) electrons. The van der Waals surface area contributed by atoms with Gasteiger partial charge in [-0.2, -0.15) is 13.2 Å². The van der Waals surface area contributed by atoms with Crippen LogP contribution in [0, 0.1) is 5.82 Å². The molecule has 4 aromatic rings. The molecule has 0 aliphatic carbocycles. The highest BCUT2D eigenvalue weighted by Crippen LogP contribution is 2.39. The maximum Gasteiger partial charge on any atom is 0.417 e. The molecule has 0 fully saturated rings. The number of pyridine rings is 1. The minimum atomic E-state index is -4.64. The molecular formula is C28H27F4N5O3. The first kappa shape index (κ1) is 28.7. The van der Waals surface area contributed by atoms with E-state index in [4.69, 9.17) is 9.47 Å². The van der Waals surface area contributed by atoms with Crippen LogP contribution in [0.4, 0.5) is 23.4 Å². The highest BCUT2D eigenvalue weighted by Gasteiger charge is 2.34. The van der Waals surface area contributed by atoms with E-state index < -0.39 is 23.5 Å². The van der Waals surface area contributed by atoms with Gasteiger partial charge in [0.2, 0.25) is 5.82 Å². The van der Waals surface area contributed by atoms with E-state index in [9.17, 15) is 22.4 Å². The first-order valence-electron chi connectivity index (χ1n) is 12.3. The van der Waals surface area contributed by atoms with Crippen LogP contribution in [0.5, 0.6) is 5.75 Å². The van der Waals surface area contributed by atoms with Crippen molar-refractivity contribution in [1.29, 1.82) is 0 Å². The van der Waals surface area contributed by atoms with Gasteiger partial charge < -0.3 is 14.8 Å². The molecular weight excluding hydrogens is 530 g/mol. The standard InChI is InChI=1S/C28H27F4N5O3/c1-27(2,3)40-13-12-39-19-8-9-21(28(30,31)32)20(16-19)17-10-11-33-23(14-17)35-26(38)25-34-24(36-37-25)15-18-6-4-5-7-22(18)29/h4-11,14,16H,12-13,15H2,1-3H3,(H,33,35,38)(H,34,36,37). The van der Waals surface area contributed by atoms with Crippen molar-refractivity contribution in [1.82, 2.24) is 20.2 Å². The number of hydrogen-bond acceptors (Lipinski definition) is 6.